The van der Waals surface area contributed by atoms with Crippen molar-refractivity contribution in [3.05, 3.63) is 40.8 Å². The van der Waals surface area contributed by atoms with Gasteiger partial charge in [-0.15, -0.1) is 11.3 Å². The van der Waals surface area contributed by atoms with E-state index in [-0.39, 0.29) is 0 Å². The van der Waals surface area contributed by atoms with E-state index in [2.05, 4.69) is 48.6 Å². The number of anilines is 1. The molecule has 1 aliphatic rings. The van der Waals surface area contributed by atoms with Gasteiger partial charge < -0.3 is 4.90 Å². The highest BCUT2D eigenvalue weighted by molar-refractivity contribution is 7.13. The Hall–Kier alpha value is -1.28. The number of rotatable bonds is 1. The molecule has 0 amide bonds. The van der Waals surface area contributed by atoms with Gasteiger partial charge in [0.25, 0.3) is 0 Å². The molecule has 1 heterocycles. The van der Waals surface area contributed by atoms with Gasteiger partial charge in [0, 0.05) is 24.7 Å². The van der Waals surface area contributed by atoms with Crippen LogP contribution in [0.1, 0.15) is 11.1 Å². The van der Waals surface area contributed by atoms with Crippen LogP contribution in [0.2, 0.25) is 0 Å². The van der Waals surface area contributed by atoms with Crippen molar-refractivity contribution in [1.29, 1.82) is 0 Å². The normalized spacial score (nSPS) is 13.1. The molecule has 0 atom stereocenters. The minimum Gasteiger partial charge on any atom is -0.378 e. The van der Waals surface area contributed by atoms with Gasteiger partial charge in [-0.25, -0.2) is 0 Å². The van der Waals surface area contributed by atoms with E-state index in [0.717, 1.165) is 0 Å². The first-order valence-electron chi connectivity index (χ1n) is 5.63. The predicted molar refractivity (Wildman–Crippen MR) is 71.5 cm³/mol. The quantitative estimate of drug-likeness (QED) is 0.722. The lowest BCUT2D eigenvalue weighted by Crippen LogP contribution is -2.10. The van der Waals surface area contributed by atoms with Gasteiger partial charge in [-0.2, -0.15) is 0 Å². The molecule has 2 aromatic rings. The van der Waals surface area contributed by atoms with Crippen molar-refractivity contribution in [3.8, 4) is 10.4 Å². The molecule has 2 heteroatoms. The first kappa shape index (κ1) is 9.91. The van der Waals surface area contributed by atoms with Crippen LogP contribution in [0.25, 0.3) is 10.4 Å². The zero-order valence-corrected chi connectivity index (χ0v) is 10.5. The molecular formula is C14H15NS. The molecule has 1 nitrogen and oxygen atoms in total. The molecule has 16 heavy (non-hydrogen) atoms. The van der Waals surface area contributed by atoms with E-state index in [1.165, 1.54) is 40.1 Å². The van der Waals surface area contributed by atoms with Crippen molar-refractivity contribution in [3.63, 3.8) is 0 Å². The third-order valence-corrected chi connectivity index (χ3v) is 4.25. The fourth-order valence-electron chi connectivity index (χ4n) is 2.32. The van der Waals surface area contributed by atoms with E-state index in [9.17, 15) is 0 Å². The zero-order valence-electron chi connectivity index (χ0n) is 9.66. The number of hydrogen-bond donors (Lipinski definition) is 0. The summed E-state index contributed by atoms with van der Waals surface area (Å²) in [5, 5.41) is 2.21. The molecule has 3 rings (SSSR count). The largest absolute Gasteiger partial charge is 0.378 e. The second-order valence-electron chi connectivity index (χ2n) is 4.51. The number of aryl methyl sites for hydroxylation is 2. The standard InChI is InChI=1S/C14H15NS/c1-15(2)12-5-6-13-11(9-12)4-3-10-7-8-16-14(10)13/h5-9H,3-4H2,1-2H3. The van der Waals surface area contributed by atoms with Crippen molar-refractivity contribution in [2.24, 2.45) is 0 Å². The number of thiophene rings is 1. The van der Waals surface area contributed by atoms with E-state index in [0.29, 0.717) is 0 Å². The first-order chi connectivity index (χ1) is 7.75. The van der Waals surface area contributed by atoms with Crippen molar-refractivity contribution in [2.75, 3.05) is 19.0 Å². The van der Waals surface area contributed by atoms with Gasteiger partial charge in [-0.1, -0.05) is 6.07 Å². The molecule has 0 bridgehead atoms. The average molecular weight is 229 g/mol. The maximum atomic E-state index is 2.33. The van der Waals surface area contributed by atoms with E-state index in [1.807, 2.05) is 11.3 Å². The lowest BCUT2D eigenvalue weighted by molar-refractivity contribution is 0.947. The summed E-state index contributed by atoms with van der Waals surface area (Å²) in [5.74, 6) is 0. The Labute approximate surface area is 100 Å². The summed E-state index contributed by atoms with van der Waals surface area (Å²) >= 11 is 1.87. The van der Waals surface area contributed by atoms with Crippen LogP contribution in [0.5, 0.6) is 0 Å². The summed E-state index contributed by atoms with van der Waals surface area (Å²) in [6.45, 7) is 0. The Morgan fingerprint density at radius 2 is 1.88 bits per heavy atom. The molecule has 0 aliphatic heterocycles. The molecular weight excluding hydrogens is 214 g/mol. The smallest absolute Gasteiger partial charge is 0.0377 e. The predicted octanol–water partition coefficient (Wildman–Crippen LogP) is 3.58. The minimum absolute atomic E-state index is 1.18. The van der Waals surface area contributed by atoms with Gasteiger partial charge >= 0.3 is 0 Å². The molecule has 1 aromatic heterocycles. The van der Waals surface area contributed by atoms with Crippen molar-refractivity contribution >= 4 is 17.0 Å². The number of nitrogens with zero attached hydrogens (tertiary/aromatic N) is 1. The highest BCUT2D eigenvalue weighted by atomic mass is 32.1. The van der Waals surface area contributed by atoms with Crippen LogP contribution in [0.15, 0.2) is 29.6 Å². The van der Waals surface area contributed by atoms with Crippen LogP contribution in [-0.4, -0.2) is 14.1 Å². The number of fused-ring (bicyclic) bond motifs is 3. The molecule has 0 spiro atoms. The van der Waals surface area contributed by atoms with Crippen molar-refractivity contribution in [2.45, 2.75) is 12.8 Å². The van der Waals surface area contributed by atoms with Gasteiger partial charge in [-0.05, 0) is 53.1 Å². The third-order valence-electron chi connectivity index (χ3n) is 3.26. The summed E-state index contributed by atoms with van der Waals surface area (Å²) in [6, 6.07) is 9.09. The van der Waals surface area contributed by atoms with Gasteiger partial charge in [0.1, 0.15) is 0 Å². The van der Waals surface area contributed by atoms with E-state index >= 15 is 0 Å². The lowest BCUT2D eigenvalue weighted by atomic mass is 9.91. The average Bonchev–Trinajstić information content (AvgIpc) is 2.76. The first-order valence-corrected chi connectivity index (χ1v) is 6.50. The summed E-state index contributed by atoms with van der Waals surface area (Å²) < 4.78 is 0. The summed E-state index contributed by atoms with van der Waals surface area (Å²) in [4.78, 5) is 3.65. The van der Waals surface area contributed by atoms with Crippen LogP contribution >= 0.6 is 11.3 Å². The Kier molecular flexibility index (Phi) is 2.25. The topological polar surface area (TPSA) is 3.24 Å². The Bertz CT molecular complexity index is 525. The van der Waals surface area contributed by atoms with Crippen LogP contribution < -0.4 is 4.90 Å². The maximum absolute atomic E-state index is 2.33. The van der Waals surface area contributed by atoms with Gasteiger partial charge in [0.15, 0.2) is 0 Å². The number of hydrogen-bond acceptors (Lipinski definition) is 2. The molecule has 0 radical (unpaired) electrons. The second-order valence-corrected chi connectivity index (χ2v) is 5.43. The molecule has 0 saturated carbocycles. The van der Waals surface area contributed by atoms with E-state index in [1.54, 1.807) is 0 Å². The molecule has 0 saturated heterocycles. The molecule has 0 fully saturated rings. The summed E-state index contributed by atoms with van der Waals surface area (Å²) in [6.07, 6.45) is 2.38. The monoisotopic (exact) mass is 229 g/mol. The highest BCUT2D eigenvalue weighted by Gasteiger charge is 2.17. The van der Waals surface area contributed by atoms with E-state index in [4.69, 9.17) is 0 Å². The summed E-state index contributed by atoms with van der Waals surface area (Å²) in [5.41, 5.74) is 5.77. The van der Waals surface area contributed by atoms with Crippen molar-refractivity contribution < 1.29 is 0 Å². The molecule has 82 valence electrons. The molecule has 1 aliphatic carbocycles. The van der Waals surface area contributed by atoms with Crippen LogP contribution in [0.4, 0.5) is 5.69 Å². The zero-order chi connectivity index (χ0) is 11.1. The Balaban J connectivity index is 2.14. The SMILES string of the molecule is CN(C)c1ccc2c(c1)CCc1ccsc1-2. The van der Waals surface area contributed by atoms with Gasteiger partial charge in [0.2, 0.25) is 0 Å². The minimum atomic E-state index is 1.18. The Morgan fingerprint density at radius 3 is 2.69 bits per heavy atom. The Morgan fingerprint density at radius 1 is 1.06 bits per heavy atom. The second kappa shape index (κ2) is 3.63. The molecule has 0 N–H and O–H groups in total. The van der Waals surface area contributed by atoms with Gasteiger partial charge in [-0.3, -0.25) is 0 Å². The number of benzene rings is 1. The van der Waals surface area contributed by atoms with Crippen LogP contribution in [0, 0.1) is 0 Å². The fourth-order valence-corrected chi connectivity index (χ4v) is 3.34. The van der Waals surface area contributed by atoms with Crippen molar-refractivity contribution in [1.82, 2.24) is 0 Å². The molecule has 1 aromatic carbocycles. The van der Waals surface area contributed by atoms with Crippen LogP contribution in [0.3, 0.4) is 0 Å². The van der Waals surface area contributed by atoms with E-state index < -0.39 is 0 Å². The van der Waals surface area contributed by atoms with Crippen LogP contribution in [-0.2, 0) is 12.8 Å². The maximum Gasteiger partial charge on any atom is 0.0377 e. The molecule has 0 unspecified atom stereocenters. The fraction of sp³-hybridized carbons (Fsp3) is 0.286. The summed E-state index contributed by atoms with van der Waals surface area (Å²) in [7, 11) is 4.20. The van der Waals surface area contributed by atoms with Gasteiger partial charge in [0.05, 0.1) is 0 Å². The highest BCUT2D eigenvalue weighted by Crippen LogP contribution is 2.38. The lowest BCUT2D eigenvalue weighted by Gasteiger charge is -2.20. The third kappa shape index (κ3) is 1.45.